The number of benzene rings is 2. The molecule has 0 aliphatic rings. The summed E-state index contributed by atoms with van der Waals surface area (Å²) in [7, 11) is 0. The van der Waals surface area contributed by atoms with Crippen molar-refractivity contribution in [3.63, 3.8) is 0 Å². The molecule has 0 saturated heterocycles. The van der Waals surface area contributed by atoms with Crippen molar-refractivity contribution < 1.29 is 13.2 Å². The van der Waals surface area contributed by atoms with E-state index in [4.69, 9.17) is 0 Å². The number of aryl methyl sites for hydroxylation is 1. The summed E-state index contributed by atoms with van der Waals surface area (Å²) in [5.41, 5.74) is 4.59. The maximum Gasteiger partial charge on any atom is 0.416 e. The molecule has 0 fully saturated rings. The largest absolute Gasteiger partial charge is 0.416 e. The molecule has 26 heavy (non-hydrogen) atoms. The van der Waals surface area contributed by atoms with Crippen LogP contribution in [-0.4, -0.2) is 15.6 Å². The second-order valence-corrected chi connectivity index (χ2v) is 6.16. The Bertz CT molecular complexity index is 886. The fraction of sp³-hybridized carbons (Fsp3) is 0.118. The van der Waals surface area contributed by atoms with Gasteiger partial charge in [0.15, 0.2) is 0 Å². The van der Waals surface area contributed by atoms with E-state index in [0.29, 0.717) is 16.8 Å². The maximum absolute atomic E-state index is 12.5. The Morgan fingerprint density at radius 1 is 1.04 bits per heavy atom. The Labute approximate surface area is 151 Å². The van der Waals surface area contributed by atoms with E-state index in [2.05, 4.69) is 25.2 Å². The highest BCUT2D eigenvalue weighted by molar-refractivity contribution is 7.10. The van der Waals surface area contributed by atoms with Crippen molar-refractivity contribution >= 4 is 34.5 Å². The predicted molar refractivity (Wildman–Crippen MR) is 97.0 cm³/mol. The third kappa shape index (κ3) is 4.79. The maximum atomic E-state index is 12.5. The fourth-order valence-corrected chi connectivity index (χ4v) is 2.55. The summed E-state index contributed by atoms with van der Waals surface area (Å²) in [5, 5.41) is 7.40. The highest BCUT2D eigenvalue weighted by Crippen LogP contribution is 2.30. The van der Waals surface area contributed by atoms with Crippen LogP contribution in [0.25, 0.3) is 0 Å². The van der Waals surface area contributed by atoms with Gasteiger partial charge in [0, 0.05) is 17.2 Å². The van der Waals surface area contributed by atoms with Crippen molar-refractivity contribution in [3.05, 3.63) is 65.2 Å². The van der Waals surface area contributed by atoms with Gasteiger partial charge in [0.05, 0.1) is 11.8 Å². The summed E-state index contributed by atoms with van der Waals surface area (Å²) < 4.78 is 41.7. The first-order valence-corrected chi connectivity index (χ1v) is 8.31. The first kappa shape index (κ1) is 17.9. The Morgan fingerprint density at radius 3 is 2.38 bits per heavy atom. The summed E-state index contributed by atoms with van der Waals surface area (Å²) in [6, 6.07) is 12.5. The smallest absolute Gasteiger partial charge is 0.330 e. The van der Waals surface area contributed by atoms with Gasteiger partial charge in [-0.2, -0.15) is 23.3 Å². The molecule has 0 radical (unpaired) electrons. The third-order valence-corrected chi connectivity index (χ3v) is 3.98. The Kier molecular flexibility index (Phi) is 5.17. The van der Waals surface area contributed by atoms with Crippen molar-refractivity contribution in [1.29, 1.82) is 0 Å². The molecular formula is C17H14F3N5S. The van der Waals surface area contributed by atoms with Gasteiger partial charge in [-0.25, -0.2) is 5.43 Å². The van der Waals surface area contributed by atoms with Crippen LogP contribution in [0.2, 0.25) is 0 Å². The molecule has 0 bridgehead atoms. The molecule has 9 heteroatoms. The Balaban J connectivity index is 1.58. The van der Waals surface area contributed by atoms with Gasteiger partial charge in [0.1, 0.15) is 0 Å². The number of rotatable bonds is 5. The van der Waals surface area contributed by atoms with E-state index < -0.39 is 11.7 Å². The lowest BCUT2D eigenvalue weighted by Gasteiger charge is -2.07. The minimum atomic E-state index is -4.35. The van der Waals surface area contributed by atoms with Crippen LogP contribution in [0.5, 0.6) is 0 Å². The van der Waals surface area contributed by atoms with Gasteiger partial charge in [-0.15, -0.1) is 4.37 Å². The van der Waals surface area contributed by atoms with Crippen molar-refractivity contribution in [2.24, 2.45) is 5.10 Å². The van der Waals surface area contributed by atoms with E-state index >= 15 is 0 Å². The number of hydrazone groups is 1. The van der Waals surface area contributed by atoms with Crippen molar-refractivity contribution in [1.82, 2.24) is 9.36 Å². The van der Waals surface area contributed by atoms with Gasteiger partial charge in [0.2, 0.25) is 5.13 Å². The molecule has 0 atom stereocenters. The molecule has 5 nitrogen and oxygen atoms in total. The number of halogens is 3. The number of hydrogen-bond donors (Lipinski definition) is 2. The summed E-state index contributed by atoms with van der Waals surface area (Å²) in [4.78, 5) is 4.17. The predicted octanol–water partition coefficient (Wildman–Crippen LogP) is 5.05. The highest BCUT2D eigenvalue weighted by Gasteiger charge is 2.29. The first-order chi connectivity index (χ1) is 12.4. The second-order valence-electron chi connectivity index (χ2n) is 5.40. The number of anilines is 3. The molecule has 2 aromatic carbocycles. The van der Waals surface area contributed by atoms with Crippen molar-refractivity contribution in [2.75, 3.05) is 10.7 Å². The molecule has 0 spiro atoms. The number of nitrogens with zero attached hydrogens (tertiary/aromatic N) is 3. The fourth-order valence-electron chi connectivity index (χ4n) is 2.00. The monoisotopic (exact) mass is 377 g/mol. The molecule has 1 aromatic heterocycles. The molecule has 0 unspecified atom stereocenters. The van der Waals surface area contributed by atoms with Gasteiger partial charge >= 0.3 is 6.18 Å². The Morgan fingerprint density at radius 2 is 1.73 bits per heavy atom. The zero-order valence-corrected chi connectivity index (χ0v) is 14.4. The topological polar surface area (TPSA) is 62.2 Å². The zero-order valence-electron chi connectivity index (χ0n) is 13.6. The van der Waals surface area contributed by atoms with Crippen molar-refractivity contribution in [2.45, 2.75) is 13.1 Å². The highest BCUT2D eigenvalue weighted by atomic mass is 32.1. The quantitative estimate of drug-likeness (QED) is 0.482. The molecule has 0 aliphatic heterocycles. The number of nitrogens with one attached hydrogen (secondary N) is 2. The van der Waals surface area contributed by atoms with Crippen LogP contribution in [0.1, 0.15) is 16.7 Å². The number of alkyl halides is 3. The van der Waals surface area contributed by atoms with E-state index in [1.165, 1.54) is 12.1 Å². The normalized spacial score (nSPS) is 11.7. The van der Waals surface area contributed by atoms with Gasteiger partial charge in [-0.1, -0.05) is 29.8 Å². The lowest BCUT2D eigenvalue weighted by atomic mass is 10.2. The summed E-state index contributed by atoms with van der Waals surface area (Å²) in [5.74, 6) is 0.299. The average Bonchev–Trinajstić information content (AvgIpc) is 3.04. The second kappa shape index (κ2) is 7.52. The van der Waals surface area contributed by atoms with Crippen LogP contribution in [0.15, 0.2) is 53.6 Å². The van der Waals surface area contributed by atoms with Crippen LogP contribution in [0, 0.1) is 6.92 Å². The number of aromatic nitrogens is 2. The zero-order chi connectivity index (χ0) is 18.6. The van der Waals surface area contributed by atoms with Crippen LogP contribution in [0.3, 0.4) is 0 Å². The summed E-state index contributed by atoms with van der Waals surface area (Å²) in [6.07, 6.45) is -2.71. The molecular weight excluding hydrogens is 363 g/mol. The van der Waals surface area contributed by atoms with Gasteiger partial charge in [0.25, 0.3) is 5.95 Å². The van der Waals surface area contributed by atoms with Crippen LogP contribution < -0.4 is 10.7 Å². The lowest BCUT2D eigenvalue weighted by molar-refractivity contribution is -0.137. The SMILES string of the molecule is Cc1ccc(/C=N/Nc2nsc(Nc3ccc(C(F)(F)F)cc3)n2)cc1. The molecule has 1 heterocycles. The van der Waals surface area contributed by atoms with Gasteiger partial charge < -0.3 is 5.32 Å². The molecule has 3 aromatic rings. The van der Waals surface area contributed by atoms with E-state index in [9.17, 15) is 13.2 Å². The summed E-state index contributed by atoms with van der Waals surface area (Å²) in [6.45, 7) is 2.00. The molecule has 0 aliphatic carbocycles. The van der Waals surface area contributed by atoms with E-state index in [1.54, 1.807) is 6.21 Å². The first-order valence-electron chi connectivity index (χ1n) is 7.54. The molecule has 3 rings (SSSR count). The van der Waals surface area contributed by atoms with E-state index in [1.807, 2.05) is 31.2 Å². The molecule has 2 N–H and O–H groups in total. The molecule has 0 saturated carbocycles. The standard InChI is InChI=1S/C17H14F3N5S/c1-11-2-4-12(5-3-11)10-21-24-15-23-16(26-25-15)22-14-8-6-13(7-9-14)17(18,19)20/h2-10H,1H3,(H2,22,23,24,25)/b21-10+. The number of hydrogen-bond acceptors (Lipinski definition) is 6. The Hall–Kier alpha value is -2.94. The average molecular weight is 377 g/mol. The van der Waals surface area contributed by atoms with Crippen LogP contribution in [-0.2, 0) is 6.18 Å². The van der Waals surface area contributed by atoms with Crippen molar-refractivity contribution in [3.8, 4) is 0 Å². The molecule has 134 valence electrons. The summed E-state index contributed by atoms with van der Waals surface area (Å²) >= 11 is 1.07. The van der Waals surface area contributed by atoms with E-state index in [0.717, 1.165) is 34.8 Å². The van der Waals surface area contributed by atoms with E-state index in [-0.39, 0.29) is 0 Å². The third-order valence-electron chi connectivity index (χ3n) is 3.35. The van der Waals surface area contributed by atoms with Crippen LogP contribution >= 0.6 is 11.5 Å². The van der Waals surface area contributed by atoms with Gasteiger partial charge in [-0.3, -0.25) is 0 Å². The lowest BCUT2D eigenvalue weighted by Crippen LogP contribution is -2.04. The minimum absolute atomic E-state index is 0.299. The van der Waals surface area contributed by atoms with Gasteiger partial charge in [-0.05, 0) is 36.8 Å². The molecule has 0 amide bonds. The minimum Gasteiger partial charge on any atom is -0.330 e. The van der Waals surface area contributed by atoms with Crippen LogP contribution in [0.4, 0.5) is 29.9 Å².